The van der Waals surface area contributed by atoms with E-state index in [0.717, 1.165) is 12.3 Å². The molecule has 0 aliphatic heterocycles. The molecule has 0 aliphatic rings. The summed E-state index contributed by atoms with van der Waals surface area (Å²) in [6.45, 7) is 1.58. The molecule has 0 spiro atoms. The predicted molar refractivity (Wildman–Crippen MR) is 72.3 cm³/mol. The Labute approximate surface area is 118 Å². The maximum Gasteiger partial charge on any atom is 0.338 e. The minimum Gasteiger partial charge on any atom is -0.478 e. The van der Waals surface area contributed by atoms with Gasteiger partial charge in [-0.25, -0.2) is 14.2 Å². The molecule has 1 aromatic carbocycles. The number of aryl methyl sites for hydroxylation is 1. The standard InChI is InChI=1S/C13H10FN3O4/c1-7-2-3-8(6-10(7)17(20)21)16-12-11(14)9(13(18)19)4-5-15-12/h2-6H,1H3,(H,15,16)(H,18,19). The summed E-state index contributed by atoms with van der Waals surface area (Å²) >= 11 is 0. The van der Waals surface area contributed by atoms with E-state index in [-0.39, 0.29) is 17.2 Å². The van der Waals surface area contributed by atoms with Crippen LogP contribution in [0.3, 0.4) is 0 Å². The van der Waals surface area contributed by atoms with Gasteiger partial charge < -0.3 is 10.4 Å². The van der Waals surface area contributed by atoms with E-state index < -0.39 is 22.3 Å². The number of pyridine rings is 1. The molecule has 2 aromatic rings. The lowest BCUT2D eigenvalue weighted by atomic mass is 10.2. The van der Waals surface area contributed by atoms with Crippen molar-refractivity contribution in [3.8, 4) is 0 Å². The third kappa shape index (κ3) is 2.94. The van der Waals surface area contributed by atoms with Crippen LogP contribution in [-0.4, -0.2) is 21.0 Å². The Kier molecular flexibility index (Phi) is 3.79. The van der Waals surface area contributed by atoms with Crippen LogP contribution in [0.2, 0.25) is 0 Å². The highest BCUT2D eigenvalue weighted by Gasteiger charge is 2.16. The van der Waals surface area contributed by atoms with Crippen LogP contribution >= 0.6 is 0 Å². The fraction of sp³-hybridized carbons (Fsp3) is 0.0769. The average Bonchev–Trinajstić information content (AvgIpc) is 2.42. The first kappa shape index (κ1) is 14.4. The maximum atomic E-state index is 13.9. The van der Waals surface area contributed by atoms with Crippen molar-refractivity contribution < 1.29 is 19.2 Å². The molecule has 0 saturated carbocycles. The fourth-order valence-corrected chi connectivity index (χ4v) is 1.72. The number of nitrogens with zero attached hydrogens (tertiary/aromatic N) is 2. The van der Waals surface area contributed by atoms with Crippen molar-refractivity contribution in [1.82, 2.24) is 4.98 Å². The second kappa shape index (κ2) is 5.53. The number of aromatic carboxylic acids is 1. The van der Waals surface area contributed by atoms with Crippen molar-refractivity contribution in [1.29, 1.82) is 0 Å². The van der Waals surface area contributed by atoms with E-state index in [1.807, 2.05) is 0 Å². The zero-order chi connectivity index (χ0) is 15.6. The molecule has 0 unspecified atom stereocenters. The first-order chi connectivity index (χ1) is 9.90. The highest BCUT2D eigenvalue weighted by atomic mass is 19.1. The number of nitro benzene ring substituents is 1. The zero-order valence-electron chi connectivity index (χ0n) is 10.8. The first-order valence-electron chi connectivity index (χ1n) is 5.80. The lowest BCUT2D eigenvalue weighted by molar-refractivity contribution is -0.385. The summed E-state index contributed by atoms with van der Waals surface area (Å²) in [6, 6.07) is 5.26. The van der Waals surface area contributed by atoms with Crippen LogP contribution in [0, 0.1) is 22.9 Å². The molecule has 0 radical (unpaired) electrons. The molecule has 2 rings (SSSR count). The molecule has 21 heavy (non-hydrogen) atoms. The quantitative estimate of drug-likeness (QED) is 0.662. The Morgan fingerprint density at radius 2 is 2.14 bits per heavy atom. The highest BCUT2D eigenvalue weighted by molar-refractivity contribution is 5.89. The molecule has 0 fully saturated rings. The summed E-state index contributed by atoms with van der Waals surface area (Å²) in [5.41, 5.74) is 0.0309. The number of aromatic nitrogens is 1. The van der Waals surface area contributed by atoms with Gasteiger partial charge in [0.05, 0.1) is 4.92 Å². The molecule has 108 valence electrons. The van der Waals surface area contributed by atoms with Crippen molar-refractivity contribution in [2.75, 3.05) is 5.32 Å². The summed E-state index contributed by atoms with van der Waals surface area (Å²) in [5, 5.41) is 22.2. The number of halogens is 1. The van der Waals surface area contributed by atoms with Gasteiger partial charge in [-0.15, -0.1) is 0 Å². The van der Waals surface area contributed by atoms with Gasteiger partial charge in [0.1, 0.15) is 5.56 Å². The second-order valence-electron chi connectivity index (χ2n) is 4.21. The van der Waals surface area contributed by atoms with E-state index >= 15 is 0 Å². The Bertz CT molecular complexity index is 733. The van der Waals surface area contributed by atoms with Crippen molar-refractivity contribution in [2.45, 2.75) is 6.92 Å². The number of rotatable bonds is 4. The average molecular weight is 291 g/mol. The van der Waals surface area contributed by atoms with E-state index in [2.05, 4.69) is 10.3 Å². The highest BCUT2D eigenvalue weighted by Crippen LogP contribution is 2.25. The lowest BCUT2D eigenvalue weighted by Gasteiger charge is -2.08. The third-order valence-corrected chi connectivity index (χ3v) is 2.79. The van der Waals surface area contributed by atoms with Gasteiger partial charge >= 0.3 is 5.97 Å². The third-order valence-electron chi connectivity index (χ3n) is 2.79. The number of carbonyl (C=O) groups is 1. The van der Waals surface area contributed by atoms with Crippen LogP contribution in [0.25, 0.3) is 0 Å². The van der Waals surface area contributed by atoms with Gasteiger partial charge in [-0.3, -0.25) is 10.1 Å². The number of carboxylic acid groups (broad SMARTS) is 1. The molecule has 2 N–H and O–H groups in total. The van der Waals surface area contributed by atoms with Gasteiger partial charge in [0.25, 0.3) is 5.69 Å². The molecule has 1 heterocycles. The molecular weight excluding hydrogens is 281 g/mol. The molecule has 0 saturated heterocycles. The van der Waals surface area contributed by atoms with Gasteiger partial charge in [0.15, 0.2) is 11.6 Å². The van der Waals surface area contributed by atoms with Gasteiger partial charge in [-0.05, 0) is 19.1 Å². The van der Waals surface area contributed by atoms with Crippen LogP contribution in [0.4, 0.5) is 21.6 Å². The fourth-order valence-electron chi connectivity index (χ4n) is 1.72. The van der Waals surface area contributed by atoms with E-state index in [0.29, 0.717) is 5.56 Å². The Morgan fingerprint density at radius 1 is 1.43 bits per heavy atom. The summed E-state index contributed by atoms with van der Waals surface area (Å²) < 4.78 is 13.9. The number of nitrogens with one attached hydrogen (secondary N) is 1. The van der Waals surface area contributed by atoms with E-state index in [9.17, 15) is 19.3 Å². The minimum absolute atomic E-state index is 0.130. The minimum atomic E-state index is -1.42. The smallest absolute Gasteiger partial charge is 0.338 e. The number of hydrogen-bond donors (Lipinski definition) is 2. The summed E-state index contributed by atoms with van der Waals surface area (Å²) in [4.78, 5) is 24.8. The van der Waals surface area contributed by atoms with E-state index in [4.69, 9.17) is 5.11 Å². The van der Waals surface area contributed by atoms with Crippen molar-refractivity contribution >= 4 is 23.2 Å². The Hall–Kier alpha value is -3.03. The van der Waals surface area contributed by atoms with Crippen molar-refractivity contribution in [3.63, 3.8) is 0 Å². The van der Waals surface area contributed by atoms with Crippen molar-refractivity contribution in [3.05, 3.63) is 57.5 Å². The molecule has 0 atom stereocenters. The van der Waals surface area contributed by atoms with Gasteiger partial charge in [-0.1, -0.05) is 6.07 Å². The molecule has 8 heteroatoms. The largest absolute Gasteiger partial charge is 0.478 e. The molecule has 1 aromatic heterocycles. The zero-order valence-corrected chi connectivity index (χ0v) is 10.8. The van der Waals surface area contributed by atoms with Crippen LogP contribution in [-0.2, 0) is 0 Å². The molecule has 7 nitrogen and oxygen atoms in total. The topological polar surface area (TPSA) is 105 Å². The van der Waals surface area contributed by atoms with Gasteiger partial charge in [-0.2, -0.15) is 0 Å². The second-order valence-corrected chi connectivity index (χ2v) is 4.21. The normalized spacial score (nSPS) is 10.2. The number of hydrogen-bond acceptors (Lipinski definition) is 5. The summed E-state index contributed by atoms with van der Waals surface area (Å²) in [7, 11) is 0. The van der Waals surface area contributed by atoms with Crippen molar-refractivity contribution in [2.24, 2.45) is 0 Å². The molecular formula is C13H10FN3O4. The first-order valence-corrected chi connectivity index (χ1v) is 5.80. The molecule has 0 amide bonds. The van der Waals surface area contributed by atoms with Gasteiger partial charge in [0, 0.05) is 23.5 Å². The molecule has 0 bridgehead atoms. The summed E-state index contributed by atoms with van der Waals surface area (Å²) in [6.07, 6.45) is 1.14. The van der Waals surface area contributed by atoms with Crippen LogP contribution in [0.5, 0.6) is 0 Å². The van der Waals surface area contributed by atoms with Gasteiger partial charge in [0.2, 0.25) is 0 Å². The Balaban J connectivity index is 2.39. The monoisotopic (exact) mass is 291 g/mol. The van der Waals surface area contributed by atoms with E-state index in [1.54, 1.807) is 6.92 Å². The lowest BCUT2D eigenvalue weighted by Crippen LogP contribution is -2.05. The van der Waals surface area contributed by atoms with Crippen LogP contribution in [0.15, 0.2) is 30.5 Å². The number of benzene rings is 1. The summed E-state index contributed by atoms with van der Waals surface area (Å²) in [5.74, 6) is -2.77. The maximum absolute atomic E-state index is 13.9. The molecule has 0 aliphatic carbocycles. The predicted octanol–water partition coefficient (Wildman–Crippen LogP) is 2.88. The Morgan fingerprint density at radius 3 is 2.76 bits per heavy atom. The van der Waals surface area contributed by atoms with Crippen LogP contribution < -0.4 is 5.32 Å². The number of anilines is 2. The SMILES string of the molecule is Cc1ccc(Nc2nccc(C(=O)O)c2F)cc1[N+](=O)[O-]. The number of carboxylic acids is 1. The van der Waals surface area contributed by atoms with E-state index in [1.165, 1.54) is 18.2 Å². The van der Waals surface area contributed by atoms with Crippen LogP contribution in [0.1, 0.15) is 15.9 Å². The number of nitro groups is 1.